The third kappa shape index (κ3) is 2.22. The van der Waals surface area contributed by atoms with E-state index >= 15 is 0 Å². The lowest BCUT2D eigenvalue weighted by Gasteiger charge is -2.36. The van der Waals surface area contributed by atoms with Crippen LogP contribution in [0.25, 0.3) is 10.2 Å². The first-order chi connectivity index (χ1) is 8.81. The fourth-order valence-electron chi connectivity index (χ4n) is 2.70. The van der Waals surface area contributed by atoms with E-state index in [1.165, 1.54) is 24.0 Å². The minimum Gasteiger partial charge on any atom is -0.394 e. The third-order valence-corrected chi connectivity index (χ3v) is 4.73. The van der Waals surface area contributed by atoms with Crippen molar-refractivity contribution < 1.29 is 5.11 Å². The summed E-state index contributed by atoms with van der Waals surface area (Å²) in [6, 6.07) is 8.16. The molecular weight excluding hydrogens is 244 g/mol. The molecule has 4 heteroatoms. The van der Waals surface area contributed by atoms with Gasteiger partial charge in [0.2, 0.25) is 0 Å². The van der Waals surface area contributed by atoms with E-state index in [0.717, 1.165) is 23.5 Å². The smallest absolute Gasteiger partial charge is 0.184 e. The number of nitrogens with zero attached hydrogens (tertiary/aromatic N) is 1. The van der Waals surface area contributed by atoms with Gasteiger partial charge in [0.1, 0.15) is 0 Å². The largest absolute Gasteiger partial charge is 0.394 e. The molecule has 1 saturated carbocycles. The van der Waals surface area contributed by atoms with Crippen molar-refractivity contribution in [3.63, 3.8) is 0 Å². The Kier molecular flexibility index (Phi) is 3.22. The molecule has 2 aromatic rings. The summed E-state index contributed by atoms with van der Waals surface area (Å²) < 4.78 is 1.20. The number of aromatic nitrogens is 1. The molecule has 2 N–H and O–H groups in total. The summed E-state index contributed by atoms with van der Waals surface area (Å²) in [7, 11) is 0. The van der Waals surface area contributed by atoms with Crippen molar-refractivity contribution in [2.45, 2.75) is 37.6 Å². The molecule has 0 aliphatic heterocycles. The van der Waals surface area contributed by atoms with Crippen molar-refractivity contribution in [3.8, 4) is 0 Å². The number of fused-ring (bicyclic) bond motifs is 1. The van der Waals surface area contributed by atoms with Crippen LogP contribution in [0.5, 0.6) is 0 Å². The Morgan fingerprint density at radius 3 is 2.72 bits per heavy atom. The van der Waals surface area contributed by atoms with Crippen LogP contribution in [0.15, 0.2) is 24.3 Å². The van der Waals surface area contributed by atoms with Crippen molar-refractivity contribution >= 4 is 26.7 Å². The second-order valence-corrected chi connectivity index (χ2v) is 6.14. The van der Waals surface area contributed by atoms with E-state index in [1.54, 1.807) is 11.3 Å². The Morgan fingerprint density at radius 1 is 1.22 bits per heavy atom. The van der Waals surface area contributed by atoms with E-state index in [4.69, 9.17) is 0 Å². The van der Waals surface area contributed by atoms with Gasteiger partial charge < -0.3 is 10.4 Å². The average molecular weight is 262 g/mol. The van der Waals surface area contributed by atoms with Gasteiger partial charge in [-0.2, -0.15) is 0 Å². The number of hydrogen-bond acceptors (Lipinski definition) is 4. The topological polar surface area (TPSA) is 45.1 Å². The highest BCUT2D eigenvalue weighted by Gasteiger charge is 2.31. The van der Waals surface area contributed by atoms with Crippen LogP contribution in [-0.2, 0) is 0 Å². The maximum Gasteiger partial charge on any atom is 0.184 e. The van der Waals surface area contributed by atoms with Crippen molar-refractivity contribution in [3.05, 3.63) is 24.3 Å². The maximum atomic E-state index is 9.69. The monoisotopic (exact) mass is 262 g/mol. The Morgan fingerprint density at radius 2 is 2.00 bits per heavy atom. The Labute approximate surface area is 111 Å². The van der Waals surface area contributed by atoms with E-state index in [9.17, 15) is 5.11 Å². The summed E-state index contributed by atoms with van der Waals surface area (Å²) >= 11 is 1.67. The SMILES string of the molecule is OCC1(Nc2nc3ccccc3s2)CCCCC1. The van der Waals surface area contributed by atoms with E-state index in [1.807, 2.05) is 18.2 Å². The highest BCUT2D eigenvalue weighted by molar-refractivity contribution is 7.22. The van der Waals surface area contributed by atoms with Gasteiger partial charge in [-0.15, -0.1) is 0 Å². The fourth-order valence-corrected chi connectivity index (χ4v) is 3.69. The lowest BCUT2D eigenvalue weighted by atomic mass is 9.82. The number of anilines is 1. The first-order valence-corrected chi connectivity index (χ1v) is 7.38. The van der Waals surface area contributed by atoms with Gasteiger partial charge >= 0.3 is 0 Å². The highest BCUT2D eigenvalue weighted by Crippen LogP contribution is 2.34. The van der Waals surface area contributed by atoms with Gasteiger partial charge in [-0.3, -0.25) is 0 Å². The maximum absolute atomic E-state index is 9.69. The Bertz CT molecular complexity index is 498. The van der Waals surface area contributed by atoms with Crippen LogP contribution < -0.4 is 5.32 Å². The Balaban J connectivity index is 1.85. The molecule has 96 valence electrons. The number of nitrogens with one attached hydrogen (secondary N) is 1. The predicted octanol–water partition coefficient (Wildman–Crippen LogP) is 3.40. The third-order valence-electron chi connectivity index (χ3n) is 3.78. The molecule has 18 heavy (non-hydrogen) atoms. The van der Waals surface area contributed by atoms with Crippen LogP contribution in [0.3, 0.4) is 0 Å². The molecule has 1 fully saturated rings. The van der Waals surface area contributed by atoms with Gasteiger partial charge in [-0.25, -0.2) is 4.98 Å². The average Bonchev–Trinajstić information content (AvgIpc) is 2.81. The molecule has 1 aromatic carbocycles. The highest BCUT2D eigenvalue weighted by atomic mass is 32.1. The number of aliphatic hydroxyl groups excluding tert-OH is 1. The quantitative estimate of drug-likeness (QED) is 0.891. The lowest BCUT2D eigenvalue weighted by Crippen LogP contribution is -2.43. The molecule has 0 amide bonds. The molecule has 3 nitrogen and oxygen atoms in total. The summed E-state index contributed by atoms with van der Waals surface area (Å²) in [6.45, 7) is 0.197. The molecule has 3 rings (SSSR count). The van der Waals surface area contributed by atoms with Gasteiger partial charge in [0, 0.05) is 0 Å². The van der Waals surface area contributed by atoms with Crippen molar-refractivity contribution in [2.75, 3.05) is 11.9 Å². The molecule has 1 aliphatic carbocycles. The molecule has 0 bridgehead atoms. The second-order valence-electron chi connectivity index (χ2n) is 5.11. The molecule has 0 atom stereocenters. The van der Waals surface area contributed by atoms with Crippen LogP contribution in [-0.4, -0.2) is 22.2 Å². The number of para-hydroxylation sites is 1. The minimum atomic E-state index is -0.147. The van der Waals surface area contributed by atoms with Crippen LogP contribution in [0, 0.1) is 0 Å². The summed E-state index contributed by atoms with van der Waals surface area (Å²) in [5.74, 6) is 0. The second kappa shape index (κ2) is 4.86. The van der Waals surface area contributed by atoms with Gasteiger partial charge in [-0.05, 0) is 25.0 Å². The van der Waals surface area contributed by atoms with E-state index in [2.05, 4.69) is 16.4 Å². The van der Waals surface area contributed by atoms with E-state index in [0.29, 0.717) is 0 Å². The molecule has 1 aliphatic rings. The van der Waals surface area contributed by atoms with Gasteiger partial charge in [0.25, 0.3) is 0 Å². The molecule has 0 spiro atoms. The summed E-state index contributed by atoms with van der Waals surface area (Å²) in [4.78, 5) is 4.60. The summed E-state index contributed by atoms with van der Waals surface area (Å²) in [6.07, 6.45) is 5.75. The number of hydrogen-bond donors (Lipinski definition) is 2. The van der Waals surface area contributed by atoms with Crippen LogP contribution in [0.4, 0.5) is 5.13 Å². The van der Waals surface area contributed by atoms with E-state index in [-0.39, 0.29) is 12.1 Å². The van der Waals surface area contributed by atoms with Crippen molar-refractivity contribution in [1.29, 1.82) is 0 Å². The zero-order valence-corrected chi connectivity index (χ0v) is 11.2. The van der Waals surface area contributed by atoms with Crippen molar-refractivity contribution in [2.24, 2.45) is 0 Å². The molecule has 0 radical (unpaired) electrons. The van der Waals surface area contributed by atoms with Crippen LogP contribution in [0.2, 0.25) is 0 Å². The molecule has 1 aromatic heterocycles. The molecule has 1 heterocycles. The molecule has 0 unspecified atom stereocenters. The zero-order valence-electron chi connectivity index (χ0n) is 10.4. The summed E-state index contributed by atoms with van der Waals surface area (Å²) in [5.41, 5.74) is 0.889. The summed E-state index contributed by atoms with van der Waals surface area (Å²) in [5, 5.41) is 14.1. The number of benzene rings is 1. The van der Waals surface area contributed by atoms with Gasteiger partial charge in [-0.1, -0.05) is 42.7 Å². The normalized spacial score (nSPS) is 18.9. The number of rotatable bonds is 3. The minimum absolute atomic E-state index is 0.147. The molecule has 0 saturated heterocycles. The van der Waals surface area contributed by atoms with Gasteiger partial charge in [0.05, 0.1) is 22.4 Å². The van der Waals surface area contributed by atoms with Crippen LogP contribution >= 0.6 is 11.3 Å². The van der Waals surface area contributed by atoms with E-state index < -0.39 is 0 Å². The fraction of sp³-hybridized carbons (Fsp3) is 0.500. The van der Waals surface area contributed by atoms with Gasteiger partial charge in [0.15, 0.2) is 5.13 Å². The standard InChI is InChI=1S/C14H18N2OS/c17-10-14(8-4-1-5-9-14)16-13-15-11-6-2-3-7-12(11)18-13/h2-3,6-7,17H,1,4-5,8-10H2,(H,15,16). The number of aliphatic hydroxyl groups is 1. The number of thiazole rings is 1. The predicted molar refractivity (Wildman–Crippen MR) is 76.1 cm³/mol. The Hall–Kier alpha value is -1.13. The van der Waals surface area contributed by atoms with Crippen molar-refractivity contribution in [1.82, 2.24) is 4.98 Å². The first kappa shape index (κ1) is 11.9. The first-order valence-electron chi connectivity index (χ1n) is 6.56. The van der Waals surface area contributed by atoms with Crippen LogP contribution in [0.1, 0.15) is 32.1 Å². The lowest BCUT2D eigenvalue weighted by molar-refractivity contribution is 0.173. The molecular formula is C14H18N2OS. The zero-order chi connectivity index (χ0) is 12.4.